The third-order valence-electron chi connectivity index (χ3n) is 5.76. The molecule has 0 radical (unpaired) electrons. The second-order valence-corrected chi connectivity index (χ2v) is 7.87. The smallest absolute Gasteiger partial charge is 0.255 e. The van der Waals surface area contributed by atoms with E-state index in [1.807, 2.05) is 30.3 Å². The van der Waals surface area contributed by atoms with Gasteiger partial charge in [-0.2, -0.15) is 0 Å². The number of nitrogens with zero attached hydrogens (tertiary/aromatic N) is 2. The van der Waals surface area contributed by atoms with Crippen LogP contribution in [0, 0.1) is 5.92 Å². The lowest BCUT2D eigenvalue weighted by Gasteiger charge is -2.32. The number of piperidine rings is 1. The first-order valence-corrected chi connectivity index (χ1v) is 10.7. The number of pyridine rings is 1. The Bertz CT molecular complexity index is 843. The van der Waals surface area contributed by atoms with Crippen molar-refractivity contribution in [2.75, 3.05) is 36.5 Å². The predicted octanol–water partition coefficient (Wildman–Crippen LogP) is 2.85. The van der Waals surface area contributed by atoms with Gasteiger partial charge in [-0.15, -0.1) is 0 Å². The molecule has 4 rings (SSSR count). The number of hydrogen-bond donors (Lipinski definition) is 2. The van der Waals surface area contributed by atoms with Crippen molar-refractivity contribution in [3.05, 3.63) is 54.2 Å². The van der Waals surface area contributed by atoms with Gasteiger partial charge in [-0.25, -0.2) is 4.98 Å². The van der Waals surface area contributed by atoms with E-state index in [-0.39, 0.29) is 23.8 Å². The molecule has 1 aromatic heterocycles. The third kappa shape index (κ3) is 5.16. The van der Waals surface area contributed by atoms with Crippen LogP contribution in [-0.4, -0.2) is 49.1 Å². The maximum atomic E-state index is 12.4. The highest BCUT2D eigenvalue weighted by atomic mass is 16.5. The quantitative estimate of drug-likeness (QED) is 0.768. The number of ether oxygens (including phenoxy) is 1. The van der Waals surface area contributed by atoms with E-state index in [0.717, 1.165) is 51.2 Å². The maximum Gasteiger partial charge on any atom is 0.255 e. The molecule has 2 aromatic rings. The second-order valence-electron chi connectivity index (χ2n) is 7.87. The van der Waals surface area contributed by atoms with Crippen LogP contribution in [0.5, 0.6) is 0 Å². The van der Waals surface area contributed by atoms with Crippen LogP contribution in [0.3, 0.4) is 0 Å². The van der Waals surface area contributed by atoms with Gasteiger partial charge in [0.25, 0.3) is 5.91 Å². The number of benzene rings is 1. The Balaban J connectivity index is 1.24. The van der Waals surface area contributed by atoms with E-state index in [1.165, 1.54) is 0 Å². The lowest BCUT2D eigenvalue weighted by Crippen LogP contribution is -2.42. The molecule has 0 saturated carbocycles. The zero-order valence-corrected chi connectivity index (χ0v) is 17.0. The summed E-state index contributed by atoms with van der Waals surface area (Å²) in [5.41, 5.74) is 1.28. The van der Waals surface area contributed by atoms with E-state index in [0.29, 0.717) is 17.8 Å². The Morgan fingerprint density at radius 2 is 1.87 bits per heavy atom. The minimum Gasteiger partial charge on any atom is -0.376 e. The average Bonchev–Trinajstić information content (AvgIpc) is 3.32. The molecule has 7 nitrogen and oxygen atoms in total. The first-order chi connectivity index (χ1) is 14.7. The molecule has 2 aliphatic heterocycles. The van der Waals surface area contributed by atoms with Crippen LogP contribution >= 0.6 is 0 Å². The molecule has 7 heteroatoms. The first kappa shape index (κ1) is 20.3. The molecule has 1 aromatic carbocycles. The number of nitrogens with one attached hydrogen (secondary N) is 2. The Labute approximate surface area is 176 Å². The molecule has 158 valence electrons. The Hall–Kier alpha value is -2.93. The number of carbonyl (C=O) groups excluding carboxylic acids is 2. The van der Waals surface area contributed by atoms with E-state index in [1.54, 1.807) is 18.3 Å². The number of rotatable bonds is 6. The van der Waals surface area contributed by atoms with Crippen LogP contribution in [-0.2, 0) is 9.53 Å². The summed E-state index contributed by atoms with van der Waals surface area (Å²) in [5.74, 6) is 0.898. The standard InChI is InChI=1S/C23H28N4O3/c28-22(25-16-20-7-4-14-30-20)18-10-12-27(13-11-18)21-9-8-19(15-24-21)26-23(29)17-5-2-1-3-6-17/h1-3,5-6,8-9,15,18,20H,4,7,10-14,16H2,(H,25,28)(H,26,29). The fourth-order valence-electron chi connectivity index (χ4n) is 3.97. The monoisotopic (exact) mass is 408 g/mol. The lowest BCUT2D eigenvalue weighted by atomic mass is 9.96. The summed E-state index contributed by atoms with van der Waals surface area (Å²) in [6.45, 7) is 3.01. The average molecular weight is 409 g/mol. The van der Waals surface area contributed by atoms with Gasteiger partial charge in [0, 0.05) is 37.7 Å². The molecular weight excluding hydrogens is 380 g/mol. The summed E-state index contributed by atoms with van der Waals surface area (Å²) in [4.78, 5) is 31.4. The second kappa shape index (κ2) is 9.71. The van der Waals surface area contributed by atoms with Crippen molar-refractivity contribution in [1.29, 1.82) is 0 Å². The van der Waals surface area contributed by atoms with E-state index >= 15 is 0 Å². The summed E-state index contributed by atoms with van der Waals surface area (Å²) in [6, 6.07) is 12.9. The zero-order valence-electron chi connectivity index (χ0n) is 17.0. The van der Waals surface area contributed by atoms with E-state index < -0.39 is 0 Å². The predicted molar refractivity (Wildman–Crippen MR) is 116 cm³/mol. The fourth-order valence-corrected chi connectivity index (χ4v) is 3.97. The van der Waals surface area contributed by atoms with Gasteiger partial charge in [-0.1, -0.05) is 18.2 Å². The van der Waals surface area contributed by atoms with Gasteiger partial charge >= 0.3 is 0 Å². The van der Waals surface area contributed by atoms with Gasteiger partial charge in [0.2, 0.25) is 5.91 Å². The molecule has 2 aliphatic rings. The largest absolute Gasteiger partial charge is 0.376 e. The number of aromatic nitrogens is 1. The van der Waals surface area contributed by atoms with Crippen molar-refractivity contribution in [1.82, 2.24) is 10.3 Å². The Morgan fingerprint density at radius 1 is 1.07 bits per heavy atom. The number of carbonyl (C=O) groups is 2. The molecule has 1 atom stereocenters. The minimum absolute atomic E-state index is 0.0482. The van der Waals surface area contributed by atoms with Crippen molar-refractivity contribution in [3.63, 3.8) is 0 Å². The van der Waals surface area contributed by atoms with Crippen LogP contribution in [0.4, 0.5) is 11.5 Å². The van der Waals surface area contributed by atoms with E-state index in [4.69, 9.17) is 4.74 Å². The Kier molecular flexibility index (Phi) is 6.59. The van der Waals surface area contributed by atoms with Gasteiger partial charge in [0.05, 0.1) is 18.0 Å². The van der Waals surface area contributed by atoms with Crippen molar-refractivity contribution in [2.45, 2.75) is 31.8 Å². The molecule has 3 heterocycles. The zero-order chi connectivity index (χ0) is 20.8. The lowest BCUT2D eigenvalue weighted by molar-refractivity contribution is -0.126. The summed E-state index contributed by atoms with van der Waals surface area (Å²) in [7, 11) is 0. The minimum atomic E-state index is -0.153. The highest BCUT2D eigenvalue weighted by Crippen LogP contribution is 2.23. The molecule has 30 heavy (non-hydrogen) atoms. The van der Waals surface area contributed by atoms with Crippen LogP contribution in [0.25, 0.3) is 0 Å². The molecule has 0 bridgehead atoms. The van der Waals surface area contributed by atoms with Crippen molar-refractivity contribution in [2.24, 2.45) is 5.92 Å². The maximum absolute atomic E-state index is 12.4. The molecule has 0 spiro atoms. The molecule has 0 aliphatic carbocycles. The first-order valence-electron chi connectivity index (χ1n) is 10.7. The van der Waals surface area contributed by atoms with Gasteiger partial charge in [-0.05, 0) is 49.9 Å². The highest BCUT2D eigenvalue weighted by Gasteiger charge is 2.26. The van der Waals surface area contributed by atoms with Gasteiger partial charge in [0.15, 0.2) is 0 Å². The molecule has 2 N–H and O–H groups in total. The topological polar surface area (TPSA) is 83.6 Å². The van der Waals surface area contributed by atoms with E-state index in [2.05, 4.69) is 20.5 Å². The van der Waals surface area contributed by atoms with Gasteiger partial charge in [0.1, 0.15) is 5.82 Å². The highest BCUT2D eigenvalue weighted by molar-refractivity contribution is 6.04. The van der Waals surface area contributed by atoms with Crippen LogP contribution in [0.2, 0.25) is 0 Å². The van der Waals surface area contributed by atoms with Crippen LogP contribution in [0.1, 0.15) is 36.0 Å². The normalized spacial score (nSPS) is 19.5. The third-order valence-corrected chi connectivity index (χ3v) is 5.76. The van der Waals surface area contributed by atoms with Crippen LogP contribution < -0.4 is 15.5 Å². The molecule has 1 unspecified atom stereocenters. The van der Waals surface area contributed by atoms with Crippen LogP contribution in [0.15, 0.2) is 48.7 Å². The Morgan fingerprint density at radius 3 is 2.53 bits per heavy atom. The molecular formula is C23H28N4O3. The molecule has 2 fully saturated rings. The summed E-state index contributed by atoms with van der Waals surface area (Å²) in [5, 5.41) is 5.91. The molecule has 2 amide bonds. The van der Waals surface area contributed by atoms with Crippen molar-refractivity contribution in [3.8, 4) is 0 Å². The van der Waals surface area contributed by atoms with Crippen molar-refractivity contribution < 1.29 is 14.3 Å². The van der Waals surface area contributed by atoms with Gasteiger partial charge < -0.3 is 20.3 Å². The van der Waals surface area contributed by atoms with Crippen molar-refractivity contribution >= 4 is 23.3 Å². The summed E-state index contributed by atoms with van der Waals surface area (Å²) < 4.78 is 5.57. The SMILES string of the molecule is O=C(Nc1ccc(N2CCC(C(=O)NCC3CCCO3)CC2)nc1)c1ccccc1. The van der Waals surface area contributed by atoms with E-state index in [9.17, 15) is 9.59 Å². The summed E-state index contributed by atoms with van der Waals surface area (Å²) in [6.07, 6.45) is 5.60. The number of anilines is 2. The number of hydrogen-bond acceptors (Lipinski definition) is 5. The number of amides is 2. The molecule has 2 saturated heterocycles. The fraction of sp³-hybridized carbons (Fsp3) is 0.435. The summed E-state index contributed by atoms with van der Waals surface area (Å²) >= 11 is 0. The van der Waals surface area contributed by atoms with Gasteiger partial charge in [-0.3, -0.25) is 9.59 Å².